The van der Waals surface area contributed by atoms with Crippen molar-refractivity contribution in [1.82, 2.24) is 10.2 Å². The molecule has 2 aromatic heterocycles. The third-order valence-electron chi connectivity index (χ3n) is 2.47. The van der Waals surface area contributed by atoms with Crippen molar-refractivity contribution >= 4 is 39.9 Å². The van der Waals surface area contributed by atoms with E-state index in [0.717, 1.165) is 16.6 Å². The number of hydrogen-bond donors (Lipinski definition) is 1. The van der Waals surface area contributed by atoms with Crippen LogP contribution in [0.15, 0.2) is 4.99 Å². The zero-order valence-electron chi connectivity index (χ0n) is 8.94. The number of aliphatic imine (C=N–C) groups is 1. The molecule has 0 aromatic carbocycles. The third kappa shape index (κ3) is 1.38. The van der Waals surface area contributed by atoms with Crippen LogP contribution in [0, 0.1) is 13.8 Å². The number of carbonyl (C=O) groups is 1. The number of hydrogen-bond acceptors (Lipinski definition) is 5. The lowest BCUT2D eigenvalue weighted by Crippen LogP contribution is -1.97. The predicted octanol–water partition coefficient (Wildman–Crippen LogP) is 1.73. The highest BCUT2D eigenvalue weighted by Gasteiger charge is 2.18. The van der Waals surface area contributed by atoms with E-state index < -0.39 is 5.91 Å². The van der Waals surface area contributed by atoms with Gasteiger partial charge in [-0.3, -0.25) is 4.79 Å². The average Bonchev–Trinajstić information content (AvgIpc) is 2.61. The Kier molecular flexibility index (Phi) is 2.43. The summed E-state index contributed by atoms with van der Waals surface area (Å²) < 4.78 is 0. The maximum absolute atomic E-state index is 11.5. The quantitative estimate of drug-likeness (QED) is 0.762. The van der Waals surface area contributed by atoms with Gasteiger partial charge in [-0.15, -0.1) is 16.4 Å². The Morgan fingerprint density at radius 2 is 2.12 bits per heavy atom. The van der Waals surface area contributed by atoms with E-state index in [0.29, 0.717) is 15.4 Å². The molecule has 0 saturated heterocycles. The summed E-state index contributed by atoms with van der Waals surface area (Å²) in [5.41, 5.74) is 8.10. The molecule has 0 aliphatic heterocycles. The fourth-order valence-corrected chi connectivity index (χ4v) is 2.48. The minimum Gasteiger partial charge on any atom is -0.397 e. The molecule has 0 bridgehead atoms. The predicted molar refractivity (Wildman–Crippen MR) is 65.2 cm³/mol. The summed E-state index contributed by atoms with van der Waals surface area (Å²) >= 11 is 1.20. The molecular formula is C10H10N4OS. The lowest BCUT2D eigenvalue weighted by Gasteiger charge is -1.99. The van der Waals surface area contributed by atoms with Gasteiger partial charge in [0.15, 0.2) is 0 Å². The lowest BCUT2D eigenvalue weighted by molar-refractivity contribution is 0.101. The summed E-state index contributed by atoms with van der Waals surface area (Å²) in [7, 11) is 0. The minimum absolute atomic E-state index is 0.382. The van der Waals surface area contributed by atoms with E-state index >= 15 is 0 Å². The molecular weight excluding hydrogens is 224 g/mol. The number of amides is 1. The van der Waals surface area contributed by atoms with Crippen molar-refractivity contribution < 1.29 is 4.79 Å². The van der Waals surface area contributed by atoms with Crippen LogP contribution >= 0.6 is 11.3 Å². The highest BCUT2D eigenvalue weighted by molar-refractivity contribution is 7.21. The van der Waals surface area contributed by atoms with Gasteiger partial charge in [-0.25, -0.2) is 4.99 Å². The van der Waals surface area contributed by atoms with Gasteiger partial charge in [0, 0.05) is 5.39 Å². The Morgan fingerprint density at radius 3 is 2.75 bits per heavy atom. The number of nitrogen functional groups attached to an aromatic ring is 1. The van der Waals surface area contributed by atoms with Gasteiger partial charge in [-0.05, 0) is 26.1 Å². The molecule has 0 saturated carbocycles. The van der Waals surface area contributed by atoms with Gasteiger partial charge in [-0.1, -0.05) is 0 Å². The molecule has 6 heteroatoms. The largest absolute Gasteiger partial charge is 0.397 e. The molecule has 2 N–H and O–H groups in total. The molecule has 2 heterocycles. The van der Waals surface area contributed by atoms with Crippen molar-refractivity contribution in [1.29, 1.82) is 0 Å². The van der Waals surface area contributed by atoms with Crippen molar-refractivity contribution in [2.24, 2.45) is 4.99 Å². The molecule has 2 aromatic rings. The van der Waals surface area contributed by atoms with Crippen LogP contribution in [-0.4, -0.2) is 22.8 Å². The smallest absolute Gasteiger partial charge is 0.288 e. The second-order valence-electron chi connectivity index (χ2n) is 3.40. The number of aromatic nitrogens is 2. The maximum atomic E-state index is 11.5. The monoisotopic (exact) mass is 234 g/mol. The normalized spacial score (nSPS) is 10.6. The summed E-state index contributed by atoms with van der Waals surface area (Å²) in [6.45, 7) is 6.96. The second kappa shape index (κ2) is 3.64. The van der Waals surface area contributed by atoms with Crippen LogP contribution in [-0.2, 0) is 0 Å². The molecule has 0 atom stereocenters. The standard InChI is InChI=1S/C10H10N4OS/c1-4-5(2)13-14-10-6(4)7(11)8(16-10)9(15)12-3/h3,11H2,1-2H3. The number of nitrogens with zero attached hydrogens (tertiary/aromatic N) is 3. The summed E-state index contributed by atoms with van der Waals surface area (Å²) in [6.07, 6.45) is 0. The van der Waals surface area contributed by atoms with Crippen molar-refractivity contribution in [2.45, 2.75) is 13.8 Å². The second-order valence-corrected chi connectivity index (χ2v) is 4.40. The molecule has 0 aliphatic rings. The summed E-state index contributed by atoms with van der Waals surface area (Å²) in [5, 5.41) is 8.80. The number of thiophene rings is 1. The SMILES string of the molecule is C=NC(=O)c1sc2nnc(C)c(C)c2c1N. The Labute approximate surface area is 96.0 Å². The Hall–Kier alpha value is -1.82. The molecule has 0 fully saturated rings. The van der Waals surface area contributed by atoms with Gasteiger partial charge in [0.05, 0.1) is 11.4 Å². The number of nitrogens with two attached hydrogens (primary N) is 1. The molecule has 0 aliphatic carbocycles. The summed E-state index contributed by atoms with van der Waals surface area (Å²) in [6, 6.07) is 0. The van der Waals surface area contributed by atoms with Crippen molar-refractivity contribution in [3.8, 4) is 0 Å². The van der Waals surface area contributed by atoms with Gasteiger partial charge in [0.25, 0.3) is 5.91 Å². The Bertz CT molecular complexity index is 602. The van der Waals surface area contributed by atoms with Gasteiger partial charge < -0.3 is 5.73 Å². The molecule has 0 radical (unpaired) electrons. The van der Waals surface area contributed by atoms with Crippen LogP contribution < -0.4 is 5.73 Å². The fraction of sp³-hybridized carbons (Fsp3) is 0.200. The van der Waals surface area contributed by atoms with Gasteiger partial charge >= 0.3 is 0 Å². The first-order valence-electron chi connectivity index (χ1n) is 4.59. The van der Waals surface area contributed by atoms with Crippen LogP contribution in [0.4, 0.5) is 5.69 Å². The molecule has 0 spiro atoms. The van der Waals surface area contributed by atoms with Gasteiger partial charge in [0.2, 0.25) is 0 Å². The minimum atomic E-state index is -0.419. The Balaban J connectivity index is 2.84. The molecule has 1 amide bonds. The lowest BCUT2D eigenvalue weighted by atomic mass is 10.1. The number of anilines is 1. The van der Waals surface area contributed by atoms with E-state index in [1.165, 1.54) is 11.3 Å². The fourth-order valence-electron chi connectivity index (χ4n) is 1.47. The number of carbonyl (C=O) groups excluding carboxylic acids is 1. The topological polar surface area (TPSA) is 81.2 Å². The van der Waals surface area contributed by atoms with Crippen LogP contribution in [0.3, 0.4) is 0 Å². The Morgan fingerprint density at radius 1 is 1.44 bits per heavy atom. The van der Waals surface area contributed by atoms with Crippen LogP contribution in [0.1, 0.15) is 20.9 Å². The van der Waals surface area contributed by atoms with Crippen molar-refractivity contribution in [3.63, 3.8) is 0 Å². The summed E-state index contributed by atoms with van der Waals surface area (Å²) in [5.74, 6) is -0.419. The number of aryl methyl sites for hydroxylation is 2. The first kappa shape index (κ1) is 10.7. The van der Waals surface area contributed by atoms with E-state index in [9.17, 15) is 4.79 Å². The van der Waals surface area contributed by atoms with Crippen LogP contribution in [0.5, 0.6) is 0 Å². The number of fused-ring (bicyclic) bond motifs is 1. The van der Waals surface area contributed by atoms with Gasteiger partial charge in [-0.2, -0.15) is 5.10 Å². The van der Waals surface area contributed by atoms with Gasteiger partial charge in [0.1, 0.15) is 9.71 Å². The van der Waals surface area contributed by atoms with Crippen molar-refractivity contribution in [3.05, 3.63) is 16.1 Å². The van der Waals surface area contributed by atoms with Crippen molar-refractivity contribution in [2.75, 3.05) is 5.73 Å². The van der Waals surface area contributed by atoms with Crippen LogP contribution in [0.25, 0.3) is 10.2 Å². The van der Waals surface area contributed by atoms with E-state index in [2.05, 4.69) is 21.9 Å². The first-order chi connectivity index (χ1) is 7.56. The first-order valence-corrected chi connectivity index (χ1v) is 5.40. The summed E-state index contributed by atoms with van der Waals surface area (Å²) in [4.78, 5) is 15.9. The molecule has 5 nitrogen and oxygen atoms in total. The highest BCUT2D eigenvalue weighted by Crippen LogP contribution is 2.35. The van der Waals surface area contributed by atoms with E-state index in [1.807, 2.05) is 13.8 Å². The van der Waals surface area contributed by atoms with E-state index in [-0.39, 0.29) is 0 Å². The molecule has 2 rings (SSSR count). The average molecular weight is 234 g/mol. The zero-order chi connectivity index (χ0) is 11.9. The molecule has 0 unspecified atom stereocenters. The van der Waals surface area contributed by atoms with Crippen LogP contribution in [0.2, 0.25) is 0 Å². The zero-order valence-corrected chi connectivity index (χ0v) is 9.76. The maximum Gasteiger partial charge on any atom is 0.288 e. The molecule has 82 valence electrons. The van der Waals surface area contributed by atoms with E-state index in [1.54, 1.807) is 0 Å². The third-order valence-corrected chi connectivity index (χ3v) is 3.55. The number of rotatable bonds is 1. The highest BCUT2D eigenvalue weighted by atomic mass is 32.1. The molecule has 16 heavy (non-hydrogen) atoms. The van der Waals surface area contributed by atoms with E-state index in [4.69, 9.17) is 5.73 Å².